The maximum atomic E-state index is 15.2. The molecule has 0 radical (unpaired) electrons. The number of halogens is 3. The summed E-state index contributed by atoms with van der Waals surface area (Å²) in [4.78, 5) is 0.0406. The van der Waals surface area contributed by atoms with Gasteiger partial charge >= 0.3 is 0 Å². The minimum absolute atomic E-state index is 0. The van der Waals surface area contributed by atoms with Crippen LogP contribution in [0, 0.1) is 23.5 Å². The summed E-state index contributed by atoms with van der Waals surface area (Å²) < 4.78 is 68.1. The van der Waals surface area contributed by atoms with Gasteiger partial charge in [-0.05, 0) is 68.5 Å². The van der Waals surface area contributed by atoms with Crippen molar-refractivity contribution in [3.8, 4) is 5.75 Å². The Morgan fingerprint density at radius 2 is 1.77 bits per heavy atom. The van der Waals surface area contributed by atoms with E-state index in [0.717, 1.165) is 12.1 Å². The second-order valence-electron chi connectivity index (χ2n) is 8.42. The maximum Gasteiger partial charge on any atom is 0.188 e. The quantitative estimate of drug-likeness (QED) is 0.580. The summed E-state index contributed by atoms with van der Waals surface area (Å²) in [6.07, 6.45) is 1.11. The van der Waals surface area contributed by atoms with Crippen molar-refractivity contribution >= 4 is 21.4 Å². The van der Waals surface area contributed by atoms with Gasteiger partial charge in [-0.15, -0.1) is 0 Å². The zero-order valence-corrected chi connectivity index (χ0v) is 17.8. The highest BCUT2D eigenvalue weighted by Crippen LogP contribution is 2.60. The van der Waals surface area contributed by atoms with Crippen LogP contribution in [0.1, 0.15) is 39.2 Å². The number of benzene rings is 2. The summed E-state index contributed by atoms with van der Waals surface area (Å²) in [7, 11) is -4.11. The van der Waals surface area contributed by atoms with Gasteiger partial charge in [-0.1, -0.05) is 19.0 Å². The van der Waals surface area contributed by atoms with Gasteiger partial charge in [0.05, 0.1) is 29.3 Å². The van der Waals surface area contributed by atoms with Crippen LogP contribution in [-0.4, -0.2) is 27.2 Å². The van der Waals surface area contributed by atoms with Crippen LogP contribution in [0.15, 0.2) is 41.3 Å². The average molecular weight is 471 g/mol. The third kappa shape index (κ3) is 3.11. The van der Waals surface area contributed by atoms with E-state index in [1.165, 1.54) is 24.3 Å². The van der Waals surface area contributed by atoms with E-state index in [1.54, 1.807) is 0 Å². The predicted octanol–water partition coefficient (Wildman–Crippen LogP) is 5.52. The van der Waals surface area contributed by atoms with Crippen LogP contribution in [0.3, 0.4) is 0 Å². The molecule has 168 valence electrons. The minimum atomic E-state index is -4.11. The molecule has 1 aliphatic carbocycles. The molecule has 0 N–H and O–H groups in total. The van der Waals surface area contributed by atoms with Crippen molar-refractivity contribution in [1.29, 1.82) is 0 Å². The molecule has 2 aromatic carbocycles. The van der Waals surface area contributed by atoms with Crippen LogP contribution in [0.5, 0.6) is 5.75 Å². The van der Waals surface area contributed by atoms with E-state index < -0.39 is 32.1 Å². The van der Waals surface area contributed by atoms with E-state index in [9.17, 15) is 12.8 Å². The molecular weight excluding hydrogens is 446 g/mol. The van der Waals surface area contributed by atoms with Crippen molar-refractivity contribution in [2.45, 2.75) is 55.5 Å². The summed E-state index contributed by atoms with van der Waals surface area (Å²) in [5, 5.41) is 0.398. The molecule has 0 bridgehead atoms. The normalized spacial score (nSPS) is 31.6. The zero-order chi connectivity index (χ0) is 21.3. The second kappa shape index (κ2) is 7.71. The Morgan fingerprint density at radius 3 is 2.48 bits per heavy atom. The van der Waals surface area contributed by atoms with Crippen LogP contribution >= 0.6 is 11.6 Å². The molecule has 2 aromatic rings. The summed E-state index contributed by atoms with van der Waals surface area (Å²) in [6.45, 7) is 1.95. The number of hydrogen-bond acceptors (Lipinski definition) is 4. The first-order valence-electron chi connectivity index (χ1n) is 10.0. The van der Waals surface area contributed by atoms with Gasteiger partial charge in [0.2, 0.25) is 0 Å². The lowest BCUT2D eigenvalue weighted by Gasteiger charge is -2.50. The lowest BCUT2D eigenvalue weighted by molar-refractivity contribution is -0.0174. The first kappa shape index (κ1) is 22.5. The molecule has 3 aliphatic rings. The Balaban J connectivity index is 0.00000231. The largest absolute Gasteiger partial charge is 0.490 e. The highest BCUT2D eigenvalue weighted by Gasteiger charge is 2.64. The fourth-order valence-electron chi connectivity index (χ4n) is 5.69. The summed E-state index contributed by atoms with van der Waals surface area (Å²) >= 11 is 5.96. The van der Waals surface area contributed by atoms with Crippen molar-refractivity contribution in [3.63, 3.8) is 0 Å². The summed E-state index contributed by atoms with van der Waals surface area (Å²) in [6, 6.07) is 7.80. The second-order valence-corrected chi connectivity index (χ2v) is 11.1. The van der Waals surface area contributed by atoms with Crippen molar-refractivity contribution in [3.05, 3.63) is 58.6 Å². The van der Waals surface area contributed by atoms with Gasteiger partial charge in [0.25, 0.3) is 0 Å². The maximum absolute atomic E-state index is 15.2. The molecule has 1 saturated carbocycles. The van der Waals surface area contributed by atoms with E-state index in [1.807, 2.05) is 6.92 Å². The zero-order valence-electron chi connectivity index (χ0n) is 16.3. The van der Waals surface area contributed by atoms with Gasteiger partial charge in [-0.3, -0.25) is 0 Å². The van der Waals surface area contributed by atoms with Crippen molar-refractivity contribution in [2.24, 2.45) is 11.8 Å². The predicted molar refractivity (Wildman–Crippen MR) is 114 cm³/mol. The van der Waals surface area contributed by atoms with Gasteiger partial charge in [0.1, 0.15) is 10.6 Å². The summed E-state index contributed by atoms with van der Waals surface area (Å²) in [5.74, 6) is -2.49. The molecule has 0 spiro atoms. The van der Waals surface area contributed by atoms with E-state index >= 15 is 4.39 Å². The first-order valence-corrected chi connectivity index (χ1v) is 11.9. The monoisotopic (exact) mass is 470 g/mol. The van der Waals surface area contributed by atoms with Crippen LogP contribution in [0.4, 0.5) is 8.78 Å². The molecule has 1 saturated heterocycles. The van der Waals surface area contributed by atoms with Gasteiger partial charge in [-0.25, -0.2) is 17.2 Å². The number of fused-ring (bicyclic) bond motifs is 5. The number of rotatable bonds is 2. The average Bonchev–Trinajstić information content (AvgIpc) is 3.10. The molecule has 4 nitrogen and oxygen atoms in total. The molecule has 0 aromatic heterocycles. The molecule has 0 unspecified atom stereocenters. The van der Waals surface area contributed by atoms with Crippen molar-refractivity contribution in [1.82, 2.24) is 0 Å². The molecule has 2 heterocycles. The Bertz CT molecular complexity index is 1110. The van der Waals surface area contributed by atoms with E-state index in [0.29, 0.717) is 17.9 Å². The third-order valence-electron chi connectivity index (χ3n) is 6.90. The fraction of sp³-hybridized carbons (Fsp3) is 0.478. The van der Waals surface area contributed by atoms with Gasteiger partial charge < -0.3 is 9.47 Å². The van der Waals surface area contributed by atoms with E-state index in [4.69, 9.17) is 21.1 Å². The van der Waals surface area contributed by atoms with Gasteiger partial charge in [-0.2, -0.15) is 0 Å². The summed E-state index contributed by atoms with van der Waals surface area (Å²) in [5.41, 5.74) is -0.188. The van der Waals surface area contributed by atoms with Gasteiger partial charge in [0.15, 0.2) is 21.4 Å². The van der Waals surface area contributed by atoms with Crippen LogP contribution in [0.25, 0.3) is 0 Å². The topological polar surface area (TPSA) is 52.6 Å². The van der Waals surface area contributed by atoms with Crippen LogP contribution < -0.4 is 4.74 Å². The fourth-order valence-corrected chi connectivity index (χ4v) is 8.21. The molecule has 31 heavy (non-hydrogen) atoms. The van der Waals surface area contributed by atoms with Gasteiger partial charge in [0, 0.05) is 10.9 Å². The molecule has 2 fully saturated rings. The van der Waals surface area contributed by atoms with E-state index in [2.05, 4.69) is 0 Å². The Morgan fingerprint density at radius 1 is 1.10 bits per heavy atom. The number of ether oxygens (including phenoxy) is 2. The molecular formula is C23H25ClF2O4S. The molecule has 2 aliphatic heterocycles. The number of hydrogen-bond donors (Lipinski definition) is 0. The lowest BCUT2D eigenvalue weighted by atomic mass is 9.66. The Hall–Kier alpha value is -1.70. The SMILES string of the molecule is C.C[C@@H]1C[C@@H]2[C@@H](CC[C@@]3(S(=O)(=O)c4ccc(Cl)cc4)c4c(F)ccc(F)c4OC[C@@H]23)O1. The molecule has 0 amide bonds. The Kier molecular flexibility index (Phi) is 5.59. The third-order valence-corrected chi connectivity index (χ3v) is 9.71. The van der Waals surface area contributed by atoms with Crippen LogP contribution in [0.2, 0.25) is 5.02 Å². The minimum Gasteiger partial charge on any atom is -0.490 e. The molecule has 5 rings (SSSR count). The lowest BCUT2D eigenvalue weighted by Crippen LogP contribution is -2.56. The van der Waals surface area contributed by atoms with E-state index in [-0.39, 0.29) is 54.8 Å². The molecule has 5 atom stereocenters. The standard InChI is InChI=1S/C22H21ClF2O4S.CH4/c1-12-10-15-16-11-28-21-18(25)7-6-17(24)20(21)22(16,9-8-19(15)29-12)30(26,27)14-4-2-13(23)3-5-14;/h2-7,12,15-16,19H,8-11H2,1H3;1H4/t12-,15+,16+,19-,22+;/m1./s1. The van der Waals surface area contributed by atoms with Crippen LogP contribution in [-0.2, 0) is 19.3 Å². The highest BCUT2D eigenvalue weighted by atomic mass is 35.5. The van der Waals surface area contributed by atoms with Crippen molar-refractivity contribution in [2.75, 3.05) is 6.61 Å². The first-order chi connectivity index (χ1) is 14.3. The molecule has 8 heteroatoms. The van der Waals surface area contributed by atoms with Crippen molar-refractivity contribution < 1.29 is 26.7 Å². The smallest absolute Gasteiger partial charge is 0.188 e. The number of sulfone groups is 1. The highest BCUT2D eigenvalue weighted by molar-refractivity contribution is 7.92. The Labute approximate surface area is 186 Å².